The molecule has 0 N–H and O–H groups in total. The summed E-state index contributed by atoms with van der Waals surface area (Å²) in [6, 6.07) is 7.29. The van der Waals surface area contributed by atoms with Gasteiger partial charge in [-0.05, 0) is 18.9 Å². The van der Waals surface area contributed by atoms with Gasteiger partial charge in [0.1, 0.15) is 0 Å². The molecule has 4 nitrogen and oxygen atoms in total. The Morgan fingerprint density at radius 1 is 1.24 bits per heavy atom. The van der Waals surface area contributed by atoms with Crippen LogP contribution in [-0.2, 0) is 0 Å². The third-order valence-electron chi connectivity index (χ3n) is 3.96. The van der Waals surface area contributed by atoms with Crippen molar-refractivity contribution in [3.05, 3.63) is 36.0 Å². The lowest BCUT2D eigenvalue weighted by Gasteiger charge is -2.31. The highest BCUT2D eigenvalue weighted by Crippen LogP contribution is 2.25. The van der Waals surface area contributed by atoms with E-state index >= 15 is 0 Å². The van der Waals surface area contributed by atoms with E-state index in [1.165, 1.54) is 6.20 Å². The van der Waals surface area contributed by atoms with Crippen LogP contribution in [0.5, 0.6) is 0 Å². The highest BCUT2D eigenvalue weighted by atomic mass is 19.3. The summed E-state index contributed by atoms with van der Waals surface area (Å²) in [7, 11) is 0. The highest BCUT2D eigenvalue weighted by Gasteiger charge is 2.29. The molecule has 21 heavy (non-hydrogen) atoms. The van der Waals surface area contributed by atoms with Crippen molar-refractivity contribution in [2.75, 3.05) is 13.1 Å². The van der Waals surface area contributed by atoms with Gasteiger partial charge < -0.3 is 4.90 Å². The molecule has 0 spiro atoms. The molecule has 6 heteroatoms. The Labute approximate surface area is 120 Å². The zero-order chi connectivity index (χ0) is 14.8. The number of nitrogens with zero attached hydrogens (tertiary/aromatic N) is 3. The van der Waals surface area contributed by atoms with E-state index in [0.29, 0.717) is 37.0 Å². The second-order valence-corrected chi connectivity index (χ2v) is 5.24. The van der Waals surface area contributed by atoms with Crippen LogP contribution >= 0.6 is 0 Å². The summed E-state index contributed by atoms with van der Waals surface area (Å²) < 4.78 is 25.3. The first-order valence-corrected chi connectivity index (χ1v) is 6.94. The molecule has 1 aromatic heterocycles. The Kier molecular flexibility index (Phi) is 3.77. The Morgan fingerprint density at radius 3 is 2.67 bits per heavy atom. The minimum atomic E-state index is -2.30. The smallest absolute Gasteiger partial charge is 0.256 e. The molecule has 0 atom stereocenters. The van der Waals surface area contributed by atoms with Crippen molar-refractivity contribution in [2.24, 2.45) is 5.92 Å². The SMILES string of the molecule is O=C(c1cnnc2ccccc12)N1CCC(C(F)F)CC1. The van der Waals surface area contributed by atoms with Crippen LogP contribution in [0, 0.1) is 5.92 Å². The number of aromatic nitrogens is 2. The van der Waals surface area contributed by atoms with Crippen LogP contribution in [0.2, 0.25) is 0 Å². The maximum Gasteiger partial charge on any atom is 0.256 e. The lowest BCUT2D eigenvalue weighted by molar-refractivity contribution is 0.0311. The molecule has 0 bridgehead atoms. The molecule has 0 radical (unpaired) electrons. The van der Waals surface area contributed by atoms with Gasteiger partial charge in [0.15, 0.2) is 0 Å². The number of carbonyl (C=O) groups is 1. The first kappa shape index (κ1) is 13.9. The van der Waals surface area contributed by atoms with Crippen molar-refractivity contribution in [3.63, 3.8) is 0 Å². The predicted molar refractivity (Wildman–Crippen MR) is 74.2 cm³/mol. The second-order valence-electron chi connectivity index (χ2n) is 5.24. The Hall–Kier alpha value is -2.11. The van der Waals surface area contributed by atoms with E-state index < -0.39 is 12.3 Å². The largest absolute Gasteiger partial charge is 0.339 e. The Bertz CT molecular complexity index is 649. The fraction of sp³-hybridized carbons (Fsp3) is 0.400. The van der Waals surface area contributed by atoms with E-state index in [4.69, 9.17) is 0 Å². The highest BCUT2D eigenvalue weighted by molar-refractivity contribution is 6.05. The topological polar surface area (TPSA) is 46.1 Å². The minimum Gasteiger partial charge on any atom is -0.339 e. The molecule has 1 saturated heterocycles. The Balaban J connectivity index is 1.82. The molecule has 1 aliphatic heterocycles. The third kappa shape index (κ3) is 2.70. The molecule has 1 aromatic carbocycles. The van der Waals surface area contributed by atoms with Crippen LogP contribution in [0.3, 0.4) is 0 Å². The van der Waals surface area contributed by atoms with E-state index in [-0.39, 0.29) is 5.91 Å². The van der Waals surface area contributed by atoms with Gasteiger partial charge in [-0.25, -0.2) is 8.78 Å². The summed E-state index contributed by atoms with van der Waals surface area (Å²) in [6.45, 7) is 0.731. The molecule has 1 fully saturated rings. The fourth-order valence-electron chi connectivity index (χ4n) is 2.70. The van der Waals surface area contributed by atoms with Gasteiger partial charge in [0.25, 0.3) is 5.91 Å². The van der Waals surface area contributed by atoms with E-state index in [9.17, 15) is 13.6 Å². The van der Waals surface area contributed by atoms with Crippen molar-refractivity contribution in [1.29, 1.82) is 0 Å². The lowest BCUT2D eigenvalue weighted by atomic mass is 9.96. The van der Waals surface area contributed by atoms with Crippen LogP contribution in [-0.4, -0.2) is 40.5 Å². The van der Waals surface area contributed by atoms with Gasteiger partial charge in [-0.3, -0.25) is 4.79 Å². The average molecular weight is 291 g/mol. The molecule has 0 saturated carbocycles. The summed E-state index contributed by atoms with van der Waals surface area (Å²) in [5.41, 5.74) is 1.14. The van der Waals surface area contributed by atoms with E-state index in [0.717, 1.165) is 5.39 Å². The quantitative estimate of drug-likeness (QED) is 0.854. The third-order valence-corrected chi connectivity index (χ3v) is 3.96. The predicted octanol–water partition coefficient (Wildman–Crippen LogP) is 2.75. The van der Waals surface area contributed by atoms with Crippen molar-refractivity contribution in [1.82, 2.24) is 15.1 Å². The maximum atomic E-state index is 12.7. The number of amides is 1. The lowest BCUT2D eigenvalue weighted by Crippen LogP contribution is -2.40. The second kappa shape index (κ2) is 5.71. The first-order chi connectivity index (χ1) is 10.2. The summed E-state index contributed by atoms with van der Waals surface area (Å²) in [5.74, 6) is -0.754. The van der Waals surface area contributed by atoms with Gasteiger partial charge in [-0.15, -0.1) is 0 Å². The van der Waals surface area contributed by atoms with Gasteiger partial charge in [-0.2, -0.15) is 10.2 Å². The fourth-order valence-corrected chi connectivity index (χ4v) is 2.70. The number of halogens is 2. The summed E-state index contributed by atoms with van der Waals surface area (Å²) in [4.78, 5) is 14.2. The molecule has 1 amide bonds. The zero-order valence-corrected chi connectivity index (χ0v) is 11.4. The number of likely N-dealkylation sites (tertiary alicyclic amines) is 1. The van der Waals surface area contributed by atoms with Crippen LogP contribution in [0.4, 0.5) is 8.78 Å². The maximum absolute atomic E-state index is 12.7. The molecule has 110 valence electrons. The number of hydrogen-bond donors (Lipinski definition) is 0. The van der Waals surface area contributed by atoms with Gasteiger partial charge >= 0.3 is 0 Å². The molecule has 3 rings (SSSR count). The normalized spacial score (nSPS) is 16.6. The average Bonchev–Trinajstić information content (AvgIpc) is 2.53. The molecular weight excluding hydrogens is 276 g/mol. The van der Waals surface area contributed by atoms with Gasteiger partial charge in [-0.1, -0.05) is 18.2 Å². The van der Waals surface area contributed by atoms with E-state index in [1.807, 2.05) is 18.2 Å². The van der Waals surface area contributed by atoms with Crippen LogP contribution in [0.25, 0.3) is 10.9 Å². The number of benzene rings is 1. The Morgan fingerprint density at radius 2 is 1.95 bits per heavy atom. The van der Waals surface area contributed by atoms with E-state index in [2.05, 4.69) is 10.2 Å². The standard InChI is InChI=1S/C15H15F2N3O/c16-14(17)10-5-7-20(8-6-10)15(21)12-9-18-19-13-4-2-1-3-11(12)13/h1-4,9-10,14H,5-8H2. The zero-order valence-electron chi connectivity index (χ0n) is 11.4. The van der Waals surface area contributed by atoms with Crippen molar-refractivity contribution in [2.45, 2.75) is 19.3 Å². The van der Waals surface area contributed by atoms with Gasteiger partial charge in [0.05, 0.1) is 17.3 Å². The summed E-state index contributed by atoms with van der Waals surface area (Å²) in [5, 5.41) is 8.58. The molecule has 0 aliphatic carbocycles. The van der Waals surface area contributed by atoms with Crippen LogP contribution < -0.4 is 0 Å². The molecule has 2 aromatic rings. The molecule has 0 unspecified atom stereocenters. The minimum absolute atomic E-state index is 0.159. The number of piperidine rings is 1. The first-order valence-electron chi connectivity index (χ1n) is 6.94. The summed E-state index contributed by atoms with van der Waals surface area (Å²) >= 11 is 0. The number of fused-ring (bicyclic) bond motifs is 1. The molecule has 1 aliphatic rings. The van der Waals surface area contributed by atoms with Crippen LogP contribution in [0.1, 0.15) is 23.2 Å². The number of alkyl halides is 2. The number of rotatable bonds is 2. The van der Waals surface area contributed by atoms with Crippen molar-refractivity contribution < 1.29 is 13.6 Å². The van der Waals surface area contributed by atoms with Crippen molar-refractivity contribution in [3.8, 4) is 0 Å². The van der Waals surface area contributed by atoms with Crippen LogP contribution in [0.15, 0.2) is 30.5 Å². The van der Waals surface area contributed by atoms with Gasteiger partial charge in [0, 0.05) is 24.4 Å². The van der Waals surface area contributed by atoms with Gasteiger partial charge in [0.2, 0.25) is 6.43 Å². The monoisotopic (exact) mass is 291 g/mol. The molecule has 2 heterocycles. The van der Waals surface area contributed by atoms with Crippen molar-refractivity contribution >= 4 is 16.8 Å². The number of hydrogen-bond acceptors (Lipinski definition) is 3. The van der Waals surface area contributed by atoms with E-state index in [1.54, 1.807) is 11.0 Å². The number of carbonyl (C=O) groups excluding carboxylic acids is 1. The summed E-state index contributed by atoms with van der Waals surface area (Å²) in [6.07, 6.45) is -0.158. The molecular formula is C15H15F2N3O.